The van der Waals surface area contributed by atoms with Gasteiger partial charge >= 0.3 is 0 Å². The van der Waals surface area contributed by atoms with Crippen molar-refractivity contribution in [1.29, 1.82) is 0 Å². The molecule has 1 fully saturated rings. The van der Waals surface area contributed by atoms with Crippen LogP contribution in [-0.4, -0.2) is 42.1 Å². The van der Waals surface area contributed by atoms with Crippen LogP contribution in [0.4, 0.5) is 0 Å². The number of benzene rings is 1. The van der Waals surface area contributed by atoms with Crippen LogP contribution in [0.15, 0.2) is 30.3 Å². The van der Waals surface area contributed by atoms with Gasteiger partial charge in [0.15, 0.2) is 6.61 Å². The molecule has 1 N–H and O–H groups in total. The molecule has 0 aromatic heterocycles. The molecule has 0 radical (unpaired) electrons. The average Bonchev–Trinajstić information content (AvgIpc) is 3.03. The SMILES string of the molecule is CC.O=C(COc1ccccc1)N1CCCC1.O=CO. The summed E-state index contributed by atoms with van der Waals surface area (Å²) >= 11 is 0. The van der Waals surface area contributed by atoms with Crippen molar-refractivity contribution in [3.63, 3.8) is 0 Å². The molecule has 0 aliphatic carbocycles. The summed E-state index contributed by atoms with van der Waals surface area (Å²) < 4.78 is 5.39. The Balaban J connectivity index is 0.000000641. The molecular formula is C15H23NO4. The van der Waals surface area contributed by atoms with Crippen molar-refractivity contribution < 1.29 is 19.4 Å². The number of carbonyl (C=O) groups is 2. The van der Waals surface area contributed by atoms with Gasteiger partial charge in [-0.1, -0.05) is 32.0 Å². The molecule has 1 saturated heterocycles. The van der Waals surface area contributed by atoms with Gasteiger partial charge in [0.1, 0.15) is 5.75 Å². The molecule has 5 heteroatoms. The third-order valence-electron chi connectivity index (χ3n) is 2.56. The molecular weight excluding hydrogens is 258 g/mol. The summed E-state index contributed by atoms with van der Waals surface area (Å²) in [6, 6.07) is 9.44. The smallest absolute Gasteiger partial charge is 0.290 e. The standard InChI is InChI=1S/C12H15NO2.C2H6.CH2O2/c14-12(13-8-4-5-9-13)10-15-11-6-2-1-3-7-11;1-2;2-1-3/h1-3,6-7H,4-5,8-10H2;1-2H3;1H,(H,2,3). The van der Waals surface area contributed by atoms with Crippen molar-refractivity contribution in [3.8, 4) is 5.75 Å². The number of para-hydroxylation sites is 1. The molecule has 1 aromatic rings. The van der Waals surface area contributed by atoms with E-state index in [1.54, 1.807) is 0 Å². The number of hydrogen-bond donors (Lipinski definition) is 1. The van der Waals surface area contributed by atoms with Crippen LogP contribution >= 0.6 is 0 Å². The maximum Gasteiger partial charge on any atom is 0.290 e. The van der Waals surface area contributed by atoms with Gasteiger partial charge in [0.2, 0.25) is 0 Å². The van der Waals surface area contributed by atoms with Crippen molar-refractivity contribution in [3.05, 3.63) is 30.3 Å². The second kappa shape index (κ2) is 12.0. The van der Waals surface area contributed by atoms with Crippen molar-refractivity contribution >= 4 is 12.4 Å². The summed E-state index contributed by atoms with van der Waals surface area (Å²) in [5, 5.41) is 6.89. The van der Waals surface area contributed by atoms with E-state index in [0.29, 0.717) is 0 Å². The molecule has 0 unspecified atom stereocenters. The van der Waals surface area contributed by atoms with Crippen LogP contribution in [0.2, 0.25) is 0 Å². The molecule has 0 bridgehead atoms. The maximum atomic E-state index is 11.6. The fourth-order valence-corrected chi connectivity index (χ4v) is 1.72. The number of amides is 1. The molecule has 0 saturated carbocycles. The first-order valence-electron chi connectivity index (χ1n) is 6.81. The lowest BCUT2D eigenvalue weighted by molar-refractivity contribution is -0.132. The number of carbonyl (C=O) groups excluding carboxylic acids is 1. The van der Waals surface area contributed by atoms with E-state index in [4.69, 9.17) is 14.6 Å². The van der Waals surface area contributed by atoms with Crippen LogP contribution in [0.25, 0.3) is 0 Å². The molecule has 2 rings (SSSR count). The Morgan fingerprint density at radius 1 is 1.25 bits per heavy atom. The van der Waals surface area contributed by atoms with Gasteiger partial charge in [-0.05, 0) is 25.0 Å². The number of likely N-dealkylation sites (tertiary alicyclic amines) is 1. The summed E-state index contributed by atoms with van der Waals surface area (Å²) in [5.74, 6) is 0.849. The molecule has 1 amide bonds. The van der Waals surface area contributed by atoms with E-state index in [1.807, 2.05) is 49.1 Å². The van der Waals surface area contributed by atoms with E-state index in [9.17, 15) is 4.79 Å². The van der Waals surface area contributed by atoms with E-state index in [0.717, 1.165) is 31.7 Å². The van der Waals surface area contributed by atoms with E-state index in [1.165, 1.54) is 0 Å². The minimum absolute atomic E-state index is 0.0938. The predicted molar refractivity (Wildman–Crippen MR) is 77.8 cm³/mol. The molecule has 5 nitrogen and oxygen atoms in total. The highest BCUT2D eigenvalue weighted by Crippen LogP contribution is 2.10. The fourth-order valence-electron chi connectivity index (χ4n) is 1.72. The maximum absolute atomic E-state index is 11.6. The molecule has 1 aromatic carbocycles. The highest BCUT2D eigenvalue weighted by Gasteiger charge is 2.17. The highest BCUT2D eigenvalue weighted by atomic mass is 16.5. The monoisotopic (exact) mass is 281 g/mol. The first kappa shape index (κ1) is 18.0. The Kier molecular flexibility index (Phi) is 10.8. The first-order chi connectivity index (χ1) is 9.77. The molecule has 112 valence electrons. The zero-order chi connectivity index (χ0) is 15.2. The zero-order valence-electron chi connectivity index (χ0n) is 12.1. The van der Waals surface area contributed by atoms with E-state index in [2.05, 4.69) is 0 Å². The number of carboxylic acid groups (broad SMARTS) is 1. The molecule has 1 heterocycles. The lowest BCUT2D eigenvalue weighted by Gasteiger charge is -2.15. The van der Waals surface area contributed by atoms with E-state index >= 15 is 0 Å². The van der Waals surface area contributed by atoms with Gasteiger partial charge in [0.25, 0.3) is 12.4 Å². The number of nitrogens with zero attached hydrogens (tertiary/aromatic N) is 1. The van der Waals surface area contributed by atoms with Crippen molar-refractivity contribution in [2.75, 3.05) is 19.7 Å². The summed E-state index contributed by atoms with van der Waals surface area (Å²) in [6.07, 6.45) is 2.24. The average molecular weight is 281 g/mol. The second-order valence-electron chi connectivity index (χ2n) is 3.80. The predicted octanol–water partition coefficient (Wildman–Crippen LogP) is 2.41. The normalized spacial score (nSPS) is 12.4. The topological polar surface area (TPSA) is 66.8 Å². The lowest BCUT2D eigenvalue weighted by Crippen LogP contribution is -2.32. The Bertz CT molecular complexity index is 361. The van der Waals surface area contributed by atoms with Crippen molar-refractivity contribution in [1.82, 2.24) is 4.90 Å². The Morgan fingerprint density at radius 3 is 2.25 bits per heavy atom. The Hall–Kier alpha value is -2.04. The zero-order valence-corrected chi connectivity index (χ0v) is 12.1. The summed E-state index contributed by atoms with van der Waals surface area (Å²) in [4.78, 5) is 21.8. The van der Waals surface area contributed by atoms with Crippen LogP contribution < -0.4 is 4.74 Å². The lowest BCUT2D eigenvalue weighted by atomic mass is 10.3. The van der Waals surface area contributed by atoms with Crippen LogP contribution in [0, 0.1) is 0 Å². The quantitative estimate of drug-likeness (QED) is 0.864. The van der Waals surface area contributed by atoms with Crippen LogP contribution in [0.3, 0.4) is 0 Å². The Morgan fingerprint density at radius 2 is 1.75 bits per heavy atom. The third kappa shape index (κ3) is 7.41. The number of rotatable bonds is 3. The largest absolute Gasteiger partial charge is 0.484 e. The molecule has 0 spiro atoms. The van der Waals surface area contributed by atoms with Gasteiger partial charge in [-0.15, -0.1) is 0 Å². The molecule has 20 heavy (non-hydrogen) atoms. The van der Waals surface area contributed by atoms with Gasteiger partial charge in [-0.3, -0.25) is 9.59 Å². The van der Waals surface area contributed by atoms with Gasteiger partial charge in [0, 0.05) is 13.1 Å². The van der Waals surface area contributed by atoms with E-state index in [-0.39, 0.29) is 19.0 Å². The van der Waals surface area contributed by atoms with Crippen molar-refractivity contribution in [2.24, 2.45) is 0 Å². The second-order valence-corrected chi connectivity index (χ2v) is 3.80. The minimum Gasteiger partial charge on any atom is -0.484 e. The van der Waals surface area contributed by atoms with Gasteiger partial charge in [-0.25, -0.2) is 0 Å². The Labute approximate surface area is 120 Å². The molecule has 0 atom stereocenters. The minimum atomic E-state index is -0.250. The van der Waals surface area contributed by atoms with Gasteiger partial charge < -0.3 is 14.7 Å². The van der Waals surface area contributed by atoms with E-state index < -0.39 is 0 Å². The van der Waals surface area contributed by atoms with Gasteiger partial charge in [-0.2, -0.15) is 0 Å². The number of ether oxygens (including phenoxy) is 1. The highest BCUT2D eigenvalue weighted by molar-refractivity contribution is 5.78. The third-order valence-corrected chi connectivity index (χ3v) is 2.56. The molecule has 1 aliphatic heterocycles. The van der Waals surface area contributed by atoms with Crippen LogP contribution in [0.5, 0.6) is 5.75 Å². The van der Waals surface area contributed by atoms with Crippen LogP contribution in [-0.2, 0) is 9.59 Å². The van der Waals surface area contributed by atoms with Crippen molar-refractivity contribution in [2.45, 2.75) is 26.7 Å². The fraction of sp³-hybridized carbons (Fsp3) is 0.467. The van der Waals surface area contributed by atoms with Crippen LogP contribution in [0.1, 0.15) is 26.7 Å². The number of hydrogen-bond acceptors (Lipinski definition) is 3. The summed E-state index contributed by atoms with van der Waals surface area (Å²) in [5.41, 5.74) is 0. The summed E-state index contributed by atoms with van der Waals surface area (Å²) in [7, 11) is 0. The van der Waals surface area contributed by atoms with Gasteiger partial charge in [0.05, 0.1) is 0 Å². The summed E-state index contributed by atoms with van der Waals surface area (Å²) in [6.45, 7) is 5.68. The molecule has 1 aliphatic rings. The first-order valence-corrected chi connectivity index (χ1v) is 6.81.